The normalized spacial score (nSPS) is 48.0. The summed E-state index contributed by atoms with van der Waals surface area (Å²) < 4.78 is 5.87. The van der Waals surface area contributed by atoms with E-state index in [0.29, 0.717) is 6.54 Å². The van der Waals surface area contributed by atoms with Crippen LogP contribution >= 0.6 is 0 Å². The van der Waals surface area contributed by atoms with Crippen molar-refractivity contribution >= 4 is 11.9 Å². The number of likely N-dealkylation sites (tertiary alicyclic amines) is 2. The first-order valence-corrected chi connectivity index (χ1v) is 7.72. The van der Waals surface area contributed by atoms with Gasteiger partial charge in [-0.3, -0.25) is 4.79 Å². The lowest BCUT2D eigenvalue weighted by Gasteiger charge is -2.34. The Kier molecular flexibility index (Phi) is 2.72. The van der Waals surface area contributed by atoms with E-state index in [4.69, 9.17) is 4.74 Å². The number of hydrogen-bond donors (Lipinski definition) is 1. The van der Waals surface area contributed by atoms with Crippen LogP contribution in [-0.4, -0.2) is 61.2 Å². The summed E-state index contributed by atoms with van der Waals surface area (Å²) in [6.07, 6.45) is 5.15. The molecule has 0 saturated carbocycles. The molecule has 2 bridgehead atoms. The molecule has 0 aromatic carbocycles. The van der Waals surface area contributed by atoms with Crippen LogP contribution in [0.15, 0.2) is 12.2 Å². The molecule has 1 amide bonds. The van der Waals surface area contributed by atoms with Gasteiger partial charge in [-0.25, -0.2) is 0 Å². The van der Waals surface area contributed by atoms with Crippen LogP contribution in [0.3, 0.4) is 0 Å². The van der Waals surface area contributed by atoms with Gasteiger partial charge in [-0.1, -0.05) is 12.2 Å². The number of nitrogens with one attached hydrogen (secondary N) is 1. The number of hydrogen-bond acceptors (Lipinski definition) is 4. The third-order valence-electron chi connectivity index (χ3n) is 5.65. The van der Waals surface area contributed by atoms with Gasteiger partial charge in [0.2, 0.25) is 5.91 Å². The van der Waals surface area contributed by atoms with Gasteiger partial charge in [0.15, 0.2) is 0 Å². The van der Waals surface area contributed by atoms with Gasteiger partial charge in [0.25, 0.3) is 0 Å². The first-order valence-electron chi connectivity index (χ1n) is 7.72. The zero-order chi connectivity index (χ0) is 14.8. The van der Waals surface area contributed by atoms with Crippen LogP contribution in [0.1, 0.15) is 12.8 Å². The Morgan fingerprint density at radius 2 is 2.19 bits per heavy atom. The molecule has 4 atom stereocenters. The lowest BCUT2D eigenvalue weighted by molar-refractivity contribution is -0.885. The van der Waals surface area contributed by atoms with E-state index < -0.39 is 29.5 Å². The van der Waals surface area contributed by atoms with Crippen molar-refractivity contribution in [3.05, 3.63) is 12.2 Å². The number of rotatable bonds is 2. The van der Waals surface area contributed by atoms with Crippen molar-refractivity contribution in [1.82, 2.24) is 4.90 Å². The number of amides is 1. The fourth-order valence-corrected chi connectivity index (χ4v) is 4.51. The van der Waals surface area contributed by atoms with Gasteiger partial charge in [-0.15, -0.1) is 0 Å². The topological polar surface area (TPSA) is 74.1 Å². The molecular formula is C15H20N2O4. The summed E-state index contributed by atoms with van der Waals surface area (Å²) in [5, 5.41) is 11.4. The third kappa shape index (κ3) is 1.72. The van der Waals surface area contributed by atoms with Crippen molar-refractivity contribution in [2.75, 3.05) is 26.7 Å². The first kappa shape index (κ1) is 13.3. The molecule has 6 nitrogen and oxygen atoms in total. The van der Waals surface area contributed by atoms with E-state index in [9.17, 15) is 14.7 Å². The van der Waals surface area contributed by atoms with Gasteiger partial charge >= 0.3 is 0 Å². The molecule has 4 rings (SSSR count). The van der Waals surface area contributed by atoms with Crippen LogP contribution < -0.4 is 10.0 Å². The van der Waals surface area contributed by atoms with Crippen molar-refractivity contribution in [3.63, 3.8) is 0 Å². The number of ether oxygens (including phenoxy) is 1. The molecule has 0 aromatic rings. The van der Waals surface area contributed by atoms with E-state index in [1.807, 2.05) is 11.0 Å². The second kappa shape index (κ2) is 4.30. The van der Waals surface area contributed by atoms with E-state index in [0.717, 1.165) is 25.9 Å². The van der Waals surface area contributed by atoms with E-state index in [1.165, 1.54) is 4.90 Å². The Hall–Kier alpha value is -1.40. The summed E-state index contributed by atoms with van der Waals surface area (Å²) in [5.41, 5.74) is -0.720. The minimum absolute atomic E-state index is 0.0550. The van der Waals surface area contributed by atoms with Crippen molar-refractivity contribution in [3.8, 4) is 0 Å². The lowest BCUT2D eigenvalue weighted by atomic mass is 9.77. The number of carbonyl (C=O) groups excluding carboxylic acids is 2. The summed E-state index contributed by atoms with van der Waals surface area (Å²) in [5.74, 6) is -2.64. The minimum Gasteiger partial charge on any atom is -0.550 e. The highest BCUT2D eigenvalue weighted by atomic mass is 16.5. The SMILES string of the molecule is C[NH+]1CCC(N2C[C@@]34C=C[C@@H](O3)[C@@H](C(=O)[O-])[C@@H]4C2=O)CC1. The van der Waals surface area contributed by atoms with Crippen LogP contribution in [-0.2, 0) is 14.3 Å². The minimum atomic E-state index is -1.17. The monoisotopic (exact) mass is 292 g/mol. The van der Waals surface area contributed by atoms with Crippen molar-refractivity contribution in [2.24, 2.45) is 11.8 Å². The molecule has 0 aliphatic carbocycles. The summed E-state index contributed by atoms with van der Waals surface area (Å²) in [6, 6.07) is 0.222. The van der Waals surface area contributed by atoms with E-state index >= 15 is 0 Å². The van der Waals surface area contributed by atoms with Crippen molar-refractivity contribution < 1.29 is 24.3 Å². The Labute approximate surface area is 123 Å². The fourth-order valence-electron chi connectivity index (χ4n) is 4.51. The number of nitrogens with zero attached hydrogens (tertiary/aromatic N) is 1. The van der Waals surface area contributed by atoms with Crippen molar-refractivity contribution in [1.29, 1.82) is 0 Å². The van der Waals surface area contributed by atoms with Crippen LogP contribution in [0.4, 0.5) is 0 Å². The Morgan fingerprint density at radius 1 is 1.48 bits per heavy atom. The molecule has 0 radical (unpaired) electrons. The lowest BCUT2D eigenvalue weighted by Crippen LogP contribution is -3.10. The molecule has 3 saturated heterocycles. The average Bonchev–Trinajstić information content (AvgIpc) is 3.08. The van der Waals surface area contributed by atoms with Gasteiger partial charge in [-0.05, 0) is 0 Å². The van der Waals surface area contributed by atoms with Gasteiger partial charge in [0.05, 0.1) is 38.7 Å². The number of aliphatic carboxylic acids is 1. The molecule has 0 aromatic heterocycles. The predicted molar refractivity (Wildman–Crippen MR) is 70.1 cm³/mol. The molecule has 4 aliphatic rings. The fraction of sp³-hybridized carbons (Fsp3) is 0.733. The second-order valence-corrected chi connectivity index (χ2v) is 6.87. The number of carboxylic acid groups (broad SMARTS) is 1. The van der Waals surface area contributed by atoms with Gasteiger partial charge < -0.3 is 24.4 Å². The summed E-state index contributed by atoms with van der Waals surface area (Å²) in [6.45, 7) is 2.60. The second-order valence-electron chi connectivity index (χ2n) is 6.87. The molecule has 4 aliphatic heterocycles. The maximum Gasteiger partial charge on any atom is 0.230 e. The molecule has 1 N–H and O–H groups in total. The third-order valence-corrected chi connectivity index (χ3v) is 5.65. The molecular weight excluding hydrogens is 272 g/mol. The van der Waals surface area contributed by atoms with Crippen molar-refractivity contribution in [2.45, 2.75) is 30.6 Å². The van der Waals surface area contributed by atoms with Crippen LogP contribution in [0.2, 0.25) is 0 Å². The van der Waals surface area contributed by atoms with Crippen LogP contribution in [0, 0.1) is 11.8 Å². The maximum absolute atomic E-state index is 12.8. The molecule has 4 heterocycles. The molecule has 21 heavy (non-hydrogen) atoms. The predicted octanol–water partition coefficient (Wildman–Crippen LogP) is -2.80. The zero-order valence-corrected chi connectivity index (χ0v) is 12.1. The standard InChI is InChI=1S/C15H20N2O4/c1-16-6-3-9(4-7-16)17-8-15-5-2-10(21-15)11(14(19)20)12(15)13(17)18/h2,5,9-12H,3-4,6-8H2,1H3,(H,19,20)/t10-,11-,12-,15-/m1/s1. The number of piperidine rings is 1. The summed E-state index contributed by atoms with van der Waals surface area (Å²) in [7, 11) is 2.16. The summed E-state index contributed by atoms with van der Waals surface area (Å²) in [4.78, 5) is 27.5. The smallest absolute Gasteiger partial charge is 0.230 e. The number of fused-ring (bicyclic) bond motifs is 1. The van der Waals surface area contributed by atoms with Crippen LogP contribution in [0.5, 0.6) is 0 Å². The van der Waals surface area contributed by atoms with Gasteiger partial charge in [0, 0.05) is 30.8 Å². The highest BCUT2D eigenvalue weighted by Gasteiger charge is 2.66. The number of carboxylic acids is 1. The molecule has 0 unspecified atom stereocenters. The van der Waals surface area contributed by atoms with Gasteiger partial charge in [-0.2, -0.15) is 0 Å². The van der Waals surface area contributed by atoms with Crippen LogP contribution in [0.25, 0.3) is 0 Å². The number of carbonyl (C=O) groups is 2. The Balaban J connectivity index is 1.60. The highest BCUT2D eigenvalue weighted by Crippen LogP contribution is 2.52. The summed E-state index contributed by atoms with van der Waals surface area (Å²) >= 11 is 0. The molecule has 114 valence electrons. The molecule has 6 heteroatoms. The first-order chi connectivity index (χ1) is 10.0. The zero-order valence-electron chi connectivity index (χ0n) is 12.1. The Bertz CT molecular complexity index is 526. The Morgan fingerprint density at radius 3 is 2.86 bits per heavy atom. The quantitative estimate of drug-likeness (QED) is 0.558. The largest absolute Gasteiger partial charge is 0.550 e. The van der Waals surface area contributed by atoms with E-state index in [1.54, 1.807) is 6.08 Å². The molecule has 3 fully saturated rings. The van der Waals surface area contributed by atoms with Gasteiger partial charge in [0.1, 0.15) is 5.60 Å². The number of quaternary nitrogens is 1. The van der Waals surface area contributed by atoms with E-state index in [-0.39, 0.29) is 11.9 Å². The maximum atomic E-state index is 12.8. The molecule has 1 spiro atoms. The van der Waals surface area contributed by atoms with E-state index in [2.05, 4.69) is 7.05 Å². The highest BCUT2D eigenvalue weighted by molar-refractivity contribution is 5.90. The average molecular weight is 292 g/mol.